The third-order valence-corrected chi connectivity index (χ3v) is 4.31. The van der Waals surface area contributed by atoms with Crippen molar-refractivity contribution in [2.45, 2.75) is 38.5 Å². The molecule has 1 fully saturated rings. The highest BCUT2D eigenvalue weighted by Gasteiger charge is 2.37. The van der Waals surface area contributed by atoms with Crippen molar-refractivity contribution in [2.24, 2.45) is 0 Å². The number of aryl methyl sites for hydroxylation is 1. The third kappa shape index (κ3) is 2.07. The first-order valence-electron chi connectivity index (χ1n) is 7.15. The summed E-state index contributed by atoms with van der Waals surface area (Å²) < 4.78 is 0. The fourth-order valence-electron chi connectivity index (χ4n) is 3.15. The minimum atomic E-state index is -0.230. The van der Waals surface area contributed by atoms with Gasteiger partial charge in [0.2, 0.25) is 5.91 Å². The molecule has 1 aromatic rings. The number of hydrogen-bond donors (Lipinski definition) is 0. The number of rotatable bonds is 2. The van der Waals surface area contributed by atoms with Gasteiger partial charge in [0.05, 0.1) is 5.92 Å². The topological polar surface area (TPSA) is 37.4 Å². The van der Waals surface area contributed by atoms with Gasteiger partial charge in [-0.15, -0.1) is 0 Å². The summed E-state index contributed by atoms with van der Waals surface area (Å²) in [6, 6.07) is 5.99. The molecule has 3 nitrogen and oxygen atoms in total. The summed E-state index contributed by atoms with van der Waals surface area (Å²) >= 11 is 0. The van der Waals surface area contributed by atoms with E-state index in [0.717, 1.165) is 43.5 Å². The highest BCUT2D eigenvalue weighted by Crippen LogP contribution is 2.35. The zero-order valence-electron chi connectivity index (χ0n) is 11.3. The van der Waals surface area contributed by atoms with Crippen molar-refractivity contribution < 1.29 is 9.59 Å². The van der Waals surface area contributed by atoms with Crippen molar-refractivity contribution in [3.63, 3.8) is 0 Å². The molecule has 1 heterocycles. The highest BCUT2D eigenvalue weighted by atomic mass is 16.2. The van der Waals surface area contributed by atoms with E-state index < -0.39 is 0 Å². The van der Waals surface area contributed by atoms with Gasteiger partial charge >= 0.3 is 0 Å². The zero-order chi connectivity index (χ0) is 13.4. The molecule has 1 aliphatic heterocycles. The van der Waals surface area contributed by atoms with Gasteiger partial charge in [-0.2, -0.15) is 0 Å². The van der Waals surface area contributed by atoms with Crippen LogP contribution in [0.2, 0.25) is 0 Å². The average Bonchev–Trinajstić information content (AvgIpc) is 3.06. The first kappa shape index (κ1) is 12.4. The standard InChI is InChI=1S/C16H19NO2/c1-2-11-5-6-12-13(9-11)15(18)10-14(12)16(19)17-7-3-4-8-17/h5-6,9,14H,2-4,7-8,10H2,1H3. The second kappa shape index (κ2) is 4.80. The zero-order valence-corrected chi connectivity index (χ0v) is 11.3. The lowest BCUT2D eigenvalue weighted by atomic mass is 9.98. The third-order valence-electron chi connectivity index (χ3n) is 4.31. The van der Waals surface area contributed by atoms with E-state index in [4.69, 9.17) is 0 Å². The summed E-state index contributed by atoms with van der Waals surface area (Å²) in [6.07, 6.45) is 3.46. The van der Waals surface area contributed by atoms with Gasteiger partial charge in [0.1, 0.15) is 0 Å². The molecule has 1 saturated heterocycles. The lowest BCUT2D eigenvalue weighted by molar-refractivity contribution is -0.131. The van der Waals surface area contributed by atoms with Crippen LogP contribution in [0, 0.1) is 0 Å². The first-order valence-corrected chi connectivity index (χ1v) is 7.15. The Morgan fingerprint density at radius 3 is 2.74 bits per heavy atom. The first-order chi connectivity index (χ1) is 9.20. The van der Waals surface area contributed by atoms with E-state index in [9.17, 15) is 9.59 Å². The molecule has 0 saturated carbocycles. The molecule has 0 bridgehead atoms. The van der Waals surface area contributed by atoms with Crippen LogP contribution in [-0.2, 0) is 11.2 Å². The van der Waals surface area contributed by atoms with Crippen LogP contribution in [0.25, 0.3) is 0 Å². The van der Waals surface area contributed by atoms with Crippen LogP contribution in [0.3, 0.4) is 0 Å². The summed E-state index contributed by atoms with van der Waals surface area (Å²) in [4.78, 5) is 26.5. The average molecular weight is 257 g/mol. The summed E-state index contributed by atoms with van der Waals surface area (Å²) in [5.41, 5.74) is 2.89. The molecule has 19 heavy (non-hydrogen) atoms. The largest absolute Gasteiger partial charge is 0.342 e. The molecule has 1 amide bonds. The van der Waals surface area contributed by atoms with E-state index in [2.05, 4.69) is 6.92 Å². The van der Waals surface area contributed by atoms with Crippen LogP contribution in [0.1, 0.15) is 53.6 Å². The second-order valence-electron chi connectivity index (χ2n) is 5.49. The van der Waals surface area contributed by atoms with Crippen LogP contribution in [0.5, 0.6) is 0 Å². The Bertz CT molecular complexity index is 530. The fourth-order valence-corrected chi connectivity index (χ4v) is 3.15. The molecular weight excluding hydrogens is 238 g/mol. The maximum Gasteiger partial charge on any atom is 0.230 e. The van der Waals surface area contributed by atoms with Gasteiger partial charge in [-0.05, 0) is 36.5 Å². The Labute approximate surface area is 113 Å². The molecule has 0 spiro atoms. The second-order valence-corrected chi connectivity index (χ2v) is 5.49. The minimum absolute atomic E-state index is 0.128. The van der Waals surface area contributed by atoms with Gasteiger partial charge in [0, 0.05) is 25.1 Å². The predicted octanol–water partition coefficient (Wildman–Crippen LogP) is 2.54. The Hall–Kier alpha value is -1.64. The van der Waals surface area contributed by atoms with Crippen LogP contribution in [-0.4, -0.2) is 29.7 Å². The normalized spacial score (nSPS) is 21.8. The van der Waals surface area contributed by atoms with Crippen molar-refractivity contribution in [3.05, 3.63) is 34.9 Å². The number of hydrogen-bond acceptors (Lipinski definition) is 2. The number of carbonyl (C=O) groups excluding carboxylic acids is 2. The molecular formula is C16H19NO2. The molecule has 2 aliphatic rings. The van der Waals surface area contributed by atoms with Crippen molar-refractivity contribution in [2.75, 3.05) is 13.1 Å². The number of ketones is 1. The van der Waals surface area contributed by atoms with E-state index in [1.807, 2.05) is 23.1 Å². The van der Waals surface area contributed by atoms with E-state index in [0.29, 0.717) is 6.42 Å². The van der Waals surface area contributed by atoms with Gasteiger partial charge < -0.3 is 4.90 Å². The van der Waals surface area contributed by atoms with E-state index >= 15 is 0 Å². The molecule has 1 atom stereocenters. The lowest BCUT2D eigenvalue weighted by Crippen LogP contribution is -2.31. The van der Waals surface area contributed by atoms with E-state index in [1.165, 1.54) is 5.56 Å². The van der Waals surface area contributed by atoms with Gasteiger partial charge in [-0.1, -0.05) is 19.1 Å². The molecule has 0 radical (unpaired) electrons. The molecule has 0 N–H and O–H groups in total. The Morgan fingerprint density at radius 1 is 1.32 bits per heavy atom. The molecule has 1 unspecified atom stereocenters. The summed E-state index contributed by atoms with van der Waals surface area (Å²) in [5.74, 6) is 0.0446. The number of Topliss-reactive ketones (excluding diaryl/α,β-unsaturated/α-hetero) is 1. The Kier molecular flexibility index (Phi) is 3.13. The molecule has 1 aliphatic carbocycles. The van der Waals surface area contributed by atoms with E-state index in [-0.39, 0.29) is 17.6 Å². The van der Waals surface area contributed by atoms with Gasteiger partial charge in [0.25, 0.3) is 0 Å². The summed E-state index contributed by atoms with van der Waals surface area (Å²) in [5, 5.41) is 0. The maximum atomic E-state index is 12.5. The SMILES string of the molecule is CCc1ccc2c(c1)C(=O)CC2C(=O)N1CCCC1. The number of nitrogens with zero attached hydrogens (tertiary/aromatic N) is 1. The number of likely N-dealkylation sites (tertiary alicyclic amines) is 1. The highest BCUT2D eigenvalue weighted by molar-refractivity contribution is 6.06. The molecule has 3 heteroatoms. The predicted molar refractivity (Wildman–Crippen MR) is 73.3 cm³/mol. The van der Waals surface area contributed by atoms with Gasteiger partial charge in [-0.25, -0.2) is 0 Å². The Morgan fingerprint density at radius 2 is 2.05 bits per heavy atom. The monoisotopic (exact) mass is 257 g/mol. The maximum absolute atomic E-state index is 12.5. The number of benzene rings is 1. The number of amides is 1. The summed E-state index contributed by atoms with van der Waals surface area (Å²) in [6.45, 7) is 3.78. The van der Waals surface area contributed by atoms with Crippen molar-refractivity contribution in [1.82, 2.24) is 4.90 Å². The van der Waals surface area contributed by atoms with Crippen molar-refractivity contribution in [1.29, 1.82) is 0 Å². The smallest absolute Gasteiger partial charge is 0.230 e. The molecule has 0 aromatic heterocycles. The lowest BCUT2D eigenvalue weighted by Gasteiger charge is -2.20. The Balaban J connectivity index is 1.91. The molecule has 100 valence electrons. The van der Waals surface area contributed by atoms with Gasteiger partial charge in [0.15, 0.2) is 5.78 Å². The van der Waals surface area contributed by atoms with E-state index in [1.54, 1.807) is 0 Å². The number of fused-ring (bicyclic) bond motifs is 1. The quantitative estimate of drug-likeness (QED) is 0.816. The van der Waals surface area contributed by atoms with Crippen molar-refractivity contribution >= 4 is 11.7 Å². The molecule has 3 rings (SSSR count). The van der Waals surface area contributed by atoms with Crippen LogP contribution >= 0.6 is 0 Å². The molecule has 1 aromatic carbocycles. The number of carbonyl (C=O) groups is 2. The van der Waals surface area contributed by atoms with Gasteiger partial charge in [-0.3, -0.25) is 9.59 Å². The summed E-state index contributed by atoms with van der Waals surface area (Å²) in [7, 11) is 0. The minimum Gasteiger partial charge on any atom is -0.342 e. The van der Waals surface area contributed by atoms with Crippen LogP contribution in [0.4, 0.5) is 0 Å². The van der Waals surface area contributed by atoms with Crippen LogP contribution < -0.4 is 0 Å². The fraction of sp³-hybridized carbons (Fsp3) is 0.500. The van der Waals surface area contributed by atoms with Crippen LogP contribution in [0.15, 0.2) is 18.2 Å². The van der Waals surface area contributed by atoms with Crippen molar-refractivity contribution in [3.8, 4) is 0 Å².